The molecule has 2 heterocycles. The summed E-state index contributed by atoms with van der Waals surface area (Å²) in [6.07, 6.45) is 1.60. The van der Waals surface area contributed by atoms with Crippen molar-refractivity contribution in [1.82, 2.24) is 14.8 Å². The van der Waals surface area contributed by atoms with E-state index in [0.717, 1.165) is 5.56 Å². The maximum absolute atomic E-state index is 11.2. The summed E-state index contributed by atoms with van der Waals surface area (Å²) < 4.78 is 1.66. The molecule has 0 saturated heterocycles. The predicted octanol–water partition coefficient (Wildman–Crippen LogP) is 2.22. The van der Waals surface area contributed by atoms with Crippen LogP contribution >= 0.6 is 11.6 Å². The van der Waals surface area contributed by atoms with Gasteiger partial charge in [0.1, 0.15) is 17.6 Å². The number of fused-ring (bicyclic) bond motifs is 1. The number of nitrogens with zero attached hydrogens (tertiary/aromatic N) is 3. The molecule has 0 radical (unpaired) electrons. The smallest absolute Gasteiger partial charge is 0.352 e. The van der Waals surface area contributed by atoms with E-state index < -0.39 is 5.97 Å². The average Bonchev–Trinajstić information content (AvgIpc) is 2.78. The number of carboxylic acids is 1. The van der Waals surface area contributed by atoms with E-state index in [1.807, 2.05) is 12.1 Å². The van der Waals surface area contributed by atoms with E-state index in [1.54, 1.807) is 29.8 Å². The zero-order valence-electron chi connectivity index (χ0n) is 10.5. The molecular weight excluding hydrogens is 280 g/mol. The van der Waals surface area contributed by atoms with Crippen molar-refractivity contribution in [3.8, 4) is 0 Å². The average molecular weight is 291 g/mol. The Morgan fingerprint density at radius 1 is 1.40 bits per heavy atom. The normalized spacial score (nSPS) is 17.1. The summed E-state index contributed by atoms with van der Waals surface area (Å²) >= 11 is 5.88. The van der Waals surface area contributed by atoms with Gasteiger partial charge >= 0.3 is 5.97 Å². The van der Waals surface area contributed by atoms with Crippen molar-refractivity contribution in [2.24, 2.45) is 0 Å². The molecule has 1 aromatic carbocycles. The van der Waals surface area contributed by atoms with Crippen molar-refractivity contribution >= 4 is 23.5 Å². The Morgan fingerprint density at radius 2 is 2.10 bits per heavy atom. The Labute approximate surface area is 119 Å². The van der Waals surface area contributed by atoms with Gasteiger partial charge in [0.25, 0.3) is 0 Å². The van der Waals surface area contributed by atoms with Gasteiger partial charge in [-0.2, -0.15) is 10.1 Å². The van der Waals surface area contributed by atoms with Crippen LogP contribution < -0.4 is 5.32 Å². The van der Waals surface area contributed by atoms with Gasteiger partial charge in [-0.15, -0.1) is 0 Å². The highest BCUT2D eigenvalue weighted by Gasteiger charge is 2.26. The second kappa shape index (κ2) is 4.64. The van der Waals surface area contributed by atoms with E-state index in [9.17, 15) is 9.90 Å². The fourth-order valence-corrected chi connectivity index (χ4v) is 2.25. The summed E-state index contributed by atoms with van der Waals surface area (Å²) in [4.78, 5) is 15.4. The lowest BCUT2D eigenvalue weighted by atomic mass is 10.0. The van der Waals surface area contributed by atoms with Crippen LogP contribution in [0, 0.1) is 6.92 Å². The third kappa shape index (κ3) is 2.14. The monoisotopic (exact) mass is 290 g/mol. The number of hydrogen-bond acceptors (Lipinski definition) is 4. The topological polar surface area (TPSA) is 80.0 Å². The van der Waals surface area contributed by atoms with Crippen LogP contribution in [0.3, 0.4) is 0 Å². The van der Waals surface area contributed by atoms with Gasteiger partial charge in [-0.25, -0.2) is 9.48 Å². The van der Waals surface area contributed by atoms with Crippen molar-refractivity contribution in [2.45, 2.75) is 13.0 Å². The molecule has 1 aliphatic rings. The zero-order valence-corrected chi connectivity index (χ0v) is 11.3. The lowest BCUT2D eigenvalue weighted by Crippen LogP contribution is -2.24. The van der Waals surface area contributed by atoms with Crippen LogP contribution in [0.2, 0.25) is 5.02 Å². The summed E-state index contributed by atoms with van der Waals surface area (Å²) in [5.74, 6) is -0.0373. The summed E-state index contributed by atoms with van der Waals surface area (Å²) in [5.41, 5.74) is 0.977. The largest absolute Gasteiger partial charge is 0.477 e. The van der Waals surface area contributed by atoms with Gasteiger partial charge in [0.05, 0.1) is 0 Å². The molecule has 0 spiro atoms. The maximum Gasteiger partial charge on any atom is 0.352 e. The molecule has 0 aliphatic carbocycles. The van der Waals surface area contributed by atoms with Crippen LogP contribution in [0.4, 0.5) is 5.95 Å². The number of halogens is 1. The van der Waals surface area contributed by atoms with Crippen molar-refractivity contribution in [3.05, 3.63) is 52.4 Å². The molecule has 7 heteroatoms. The molecule has 3 rings (SSSR count). The van der Waals surface area contributed by atoms with Gasteiger partial charge in [0, 0.05) is 5.02 Å². The molecule has 0 bridgehead atoms. The Bertz CT molecular complexity index is 706. The lowest BCUT2D eigenvalue weighted by molar-refractivity contribution is -0.132. The molecule has 1 atom stereocenters. The molecule has 0 amide bonds. The highest BCUT2D eigenvalue weighted by atomic mass is 35.5. The summed E-state index contributed by atoms with van der Waals surface area (Å²) in [7, 11) is 0. The van der Waals surface area contributed by atoms with E-state index in [-0.39, 0.29) is 11.7 Å². The molecule has 102 valence electrons. The highest BCUT2D eigenvalue weighted by molar-refractivity contribution is 6.30. The zero-order chi connectivity index (χ0) is 14.3. The summed E-state index contributed by atoms with van der Waals surface area (Å²) in [5, 5.41) is 16.8. The number of benzene rings is 1. The third-order valence-corrected chi connectivity index (χ3v) is 3.27. The van der Waals surface area contributed by atoms with Gasteiger partial charge in [-0.3, -0.25) is 0 Å². The number of nitrogens with one attached hydrogen (secondary N) is 1. The van der Waals surface area contributed by atoms with Crippen LogP contribution in [-0.4, -0.2) is 25.8 Å². The number of anilines is 1. The molecule has 1 aliphatic heterocycles. The number of aromatic nitrogens is 3. The molecule has 0 fully saturated rings. The lowest BCUT2D eigenvalue weighted by Gasteiger charge is -2.22. The number of rotatable bonds is 2. The van der Waals surface area contributed by atoms with Crippen molar-refractivity contribution in [1.29, 1.82) is 0 Å². The first kappa shape index (κ1) is 12.7. The quantitative estimate of drug-likeness (QED) is 0.886. The second-order valence-electron chi connectivity index (χ2n) is 4.43. The van der Waals surface area contributed by atoms with Gasteiger partial charge in [-0.05, 0) is 30.7 Å². The molecule has 2 aromatic rings. The van der Waals surface area contributed by atoms with E-state index in [1.165, 1.54) is 0 Å². The number of allylic oxidation sites excluding steroid dienone is 1. The van der Waals surface area contributed by atoms with Crippen LogP contribution in [0.25, 0.3) is 0 Å². The molecular formula is C13H11ClN4O2. The maximum atomic E-state index is 11.2. The van der Waals surface area contributed by atoms with Gasteiger partial charge in [-0.1, -0.05) is 23.7 Å². The first-order valence-electron chi connectivity index (χ1n) is 5.95. The SMILES string of the molecule is Cc1nc2n(n1)C(c1ccc(Cl)cc1)C=C(C(=O)O)N2. The minimum absolute atomic E-state index is 0.0878. The number of aliphatic carboxylic acids is 1. The highest BCUT2D eigenvalue weighted by Crippen LogP contribution is 2.29. The first-order chi connectivity index (χ1) is 9.54. The Balaban J connectivity index is 2.11. The fourth-order valence-electron chi connectivity index (χ4n) is 2.12. The first-order valence-corrected chi connectivity index (χ1v) is 6.33. The van der Waals surface area contributed by atoms with E-state index in [4.69, 9.17) is 11.6 Å². The molecule has 1 aromatic heterocycles. The molecule has 2 N–H and O–H groups in total. The number of carboxylic acid groups (broad SMARTS) is 1. The minimum Gasteiger partial charge on any atom is -0.477 e. The Hall–Kier alpha value is -2.34. The van der Waals surface area contributed by atoms with Crippen molar-refractivity contribution < 1.29 is 9.90 Å². The molecule has 1 unspecified atom stereocenters. The van der Waals surface area contributed by atoms with Crippen molar-refractivity contribution in [2.75, 3.05) is 5.32 Å². The van der Waals surface area contributed by atoms with E-state index in [0.29, 0.717) is 16.8 Å². The molecule has 6 nitrogen and oxygen atoms in total. The van der Waals surface area contributed by atoms with Gasteiger partial charge in [0.2, 0.25) is 5.95 Å². The van der Waals surface area contributed by atoms with Crippen LogP contribution in [0.1, 0.15) is 17.4 Å². The summed E-state index contributed by atoms with van der Waals surface area (Å²) in [6.45, 7) is 1.76. The Kier molecular flexibility index (Phi) is 2.94. The van der Waals surface area contributed by atoms with Crippen LogP contribution in [-0.2, 0) is 4.79 Å². The number of hydrogen-bond donors (Lipinski definition) is 2. The predicted molar refractivity (Wildman–Crippen MR) is 73.7 cm³/mol. The van der Waals surface area contributed by atoms with Crippen molar-refractivity contribution in [3.63, 3.8) is 0 Å². The second-order valence-corrected chi connectivity index (χ2v) is 4.87. The van der Waals surface area contributed by atoms with E-state index >= 15 is 0 Å². The van der Waals surface area contributed by atoms with Crippen LogP contribution in [0.15, 0.2) is 36.0 Å². The molecule has 20 heavy (non-hydrogen) atoms. The third-order valence-electron chi connectivity index (χ3n) is 3.01. The van der Waals surface area contributed by atoms with E-state index in [2.05, 4.69) is 15.4 Å². The Morgan fingerprint density at radius 3 is 2.75 bits per heavy atom. The fraction of sp³-hybridized carbons (Fsp3) is 0.154. The van der Waals surface area contributed by atoms with Gasteiger partial charge in [0.15, 0.2) is 0 Å². The minimum atomic E-state index is -1.03. The number of aryl methyl sites for hydroxylation is 1. The number of carbonyl (C=O) groups is 1. The van der Waals surface area contributed by atoms with Crippen LogP contribution in [0.5, 0.6) is 0 Å². The summed E-state index contributed by atoms with van der Waals surface area (Å²) in [6, 6.07) is 6.88. The standard InChI is InChI=1S/C13H11ClN4O2/c1-7-15-13-16-10(12(19)20)6-11(18(13)17-7)8-2-4-9(14)5-3-8/h2-6,11H,1H3,(H,19,20)(H,15,16,17). The molecule has 0 saturated carbocycles. The van der Waals surface area contributed by atoms with Gasteiger partial charge < -0.3 is 10.4 Å².